The first-order valence-corrected chi connectivity index (χ1v) is 12.6. The van der Waals surface area contributed by atoms with Crippen molar-refractivity contribution in [2.24, 2.45) is 4.99 Å². The molecule has 0 bridgehead atoms. The van der Waals surface area contributed by atoms with Gasteiger partial charge in [0.25, 0.3) is 5.91 Å². The van der Waals surface area contributed by atoms with E-state index in [1.807, 2.05) is 66.7 Å². The Bertz CT molecular complexity index is 1180. The number of fused-ring (bicyclic) bond motifs is 1. The summed E-state index contributed by atoms with van der Waals surface area (Å²) in [6.07, 6.45) is 2.09. The molecule has 0 saturated heterocycles. The monoisotopic (exact) mass is 496 g/mol. The lowest BCUT2D eigenvalue weighted by molar-refractivity contribution is -0.118. The fourth-order valence-corrected chi connectivity index (χ4v) is 5.44. The molecule has 152 valence electrons. The van der Waals surface area contributed by atoms with Crippen LogP contribution in [-0.4, -0.2) is 22.5 Å². The average Bonchev–Trinajstić information content (AvgIpc) is 3.09. The molecule has 0 aliphatic heterocycles. The van der Waals surface area contributed by atoms with Crippen LogP contribution in [0.4, 0.5) is 0 Å². The molecule has 6 heteroatoms. The van der Waals surface area contributed by atoms with Gasteiger partial charge < -0.3 is 4.57 Å². The minimum atomic E-state index is -0.418. The zero-order valence-corrected chi connectivity index (χ0v) is 19.7. The molecule has 30 heavy (non-hydrogen) atoms. The van der Waals surface area contributed by atoms with Gasteiger partial charge in [-0.15, -0.1) is 0 Å². The Labute approximate surface area is 192 Å². The Morgan fingerprint density at radius 1 is 1.03 bits per heavy atom. The lowest BCUT2D eigenvalue weighted by Crippen LogP contribution is -2.21. The molecule has 0 spiro atoms. The van der Waals surface area contributed by atoms with E-state index < -0.39 is 5.92 Å². The summed E-state index contributed by atoms with van der Waals surface area (Å²) in [5.74, 6) is 0.402. The van der Waals surface area contributed by atoms with Crippen LogP contribution in [0.1, 0.15) is 17.0 Å². The molecule has 1 heterocycles. The number of halogens is 1. The van der Waals surface area contributed by atoms with Crippen LogP contribution in [0.25, 0.3) is 10.2 Å². The predicted octanol–water partition coefficient (Wildman–Crippen LogP) is 6.09. The van der Waals surface area contributed by atoms with E-state index in [0.717, 1.165) is 42.9 Å². The van der Waals surface area contributed by atoms with Crippen LogP contribution >= 0.6 is 39.0 Å². The fourth-order valence-electron chi connectivity index (χ4n) is 3.46. The number of benzene rings is 3. The van der Waals surface area contributed by atoms with Gasteiger partial charge in [-0.25, -0.2) is 0 Å². The summed E-state index contributed by atoms with van der Waals surface area (Å²) in [5, 5.41) is 0. The van der Waals surface area contributed by atoms with Gasteiger partial charge in [0.1, 0.15) is 0 Å². The Morgan fingerprint density at radius 2 is 1.67 bits per heavy atom. The second-order valence-electron chi connectivity index (χ2n) is 6.85. The molecule has 3 nitrogen and oxygen atoms in total. The largest absolute Gasteiger partial charge is 0.316 e. The van der Waals surface area contributed by atoms with E-state index in [0.29, 0.717) is 0 Å². The highest BCUT2D eigenvalue weighted by atomic mass is 79.9. The number of thiazole rings is 1. The molecule has 4 aromatic rings. The number of nitrogens with zero attached hydrogens (tertiary/aromatic N) is 2. The van der Waals surface area contributed by atoms with Gasteiger partial charge >= 0.3 is 0 Å². The summed E-state index contributed by atoms with van der Waals surface area (Å²) in [4.78, 5) is 18.9. The lowest BCUT2D eigenvalue weighted by atomic mass is 9.91. The molecule has 3 aromatic carbocycles. The number of aromatic nitrogens is 1. The summed E-state index contributed by atoms with van der Waals surface area (Å²) >= 11 is 6.90. The summed E-state index contributed by atoms with van der Waals surface area (Å²) in [5.41, 5.74) is 3.02. The minimum absolute atomic E-state index is 0.143. The van der Waals surface area contributed by atoms with Gasteiger partial charge in [0.2, 0.25) is 0 Å². The summed E-state index contributed by atoms with van der Waals surface area (Å²) in [6.45, 7) is 0.816. The highest BCUT2D eigenvalue weighted by molar-refractivity contribution is 9.10. The van der Waals surface area contributed by atoms with Crippen LogP contribution in [0.3, 0.4) is 0 Å². The third-order valence-electron chi connectivity index (χ3n) is 4.88. The van der Waals surface area contributed by atoms with Crippen LogP contribution in [0.2, 0.25) is 0 Å². The van der Waals surface area contributed by atoms with E-state index in [-0.39, 0.29) is 5.91 Å². The zero-order valence-electron chi connectivity index (χ0n) is 16.5. The first kappa shape index (κ1) is 21.1. The Balaban J connectivity index is 1.84. The minimum Gasteiger partial charge on any atom is -0.316 e. The number of hydrogen-bond acceptors (Lipinski definition) is 3. The fraction of sp³-hybridized carbons (Fsp3) is 0.167. The summed E-state index contributed by atoms with van der Waals surface area (Å²) in [7, 11) is 0. The van der Waals surface area contributed by atoms with Crippen molar-refractivity contribution in [2.45, 2.75) is 12.5 Å². The van der Waals surface area contributed by atoms with E-state index >= 15 is 0 Å². The van der Waals surface area contributed by atoms with Crippen LogP contribution in [0, 0.1) is 0 Å². The Morgan fingerprint density at radius 3 is 2.27 bits per heavy atom. The molecule has 1 aromatic heterocycles. The van der Waals surface area contributed by atoms with Gasteiger partial charge in [0.15, 0.2) is 4.80 Å². The van der Waals surface area contributed by atoms with Crippen molar-refractivity contribution in [3.05, 3.63) is 99.3 Å². The number of thioether (sulfide) groups is 1. The van der Waals surface area contributed by atoms with Crippen molar-refractivity contribution in [3.63, 3.8) is 0 Å². The maximum absolute atomic E-state index is 13.5. The second kappa shape index (κ2) is 9.77. The number of carbonyl (C=O) groups excluding carboxylic acids is 1. The van der Waals surface area contributed by atoms with Crippen molar-refractivity contribution in [1.29, 1.82) is 0 Å². The van der Waals surface area contributed by atoms with Gasteiger partial charge in [0.05, 0.1) is 16.1 Å². The van der Waals surface area contributed by atoms with Crippen LogP contribution in [0.5, 0.6) is 0 Å². The van der Waals surface area contributed by atoms with Crippen LogP contribution < -0.4 is 4.80 Å². The van der Waals surface area contributed by atoms with E-state index in [1.165, 1.54) is 0 Å². The van der Waals surface area contributed by atoms with Gasteiger partial charge in [-0.2, -0.15) is 16.8 Å². The maximum atomic E-state index is 13.5. The normalized spacial score (nSPS) is 12.0. The molecule has 0 atom stereocenters. The number of amides is 1. The average molecular weight is 497 g/mol. The van der Waals surface area contributed by atoms with E-state index in [4.69, 9.17) is 0 Å². The van der Waals surface area contributed by atoms with Crippen LogP contribution in [0.15, 0.2) is 88.3 Å². The standard InChI is InChI=1S/C24H21BrN2OS2/c1-29-15-14-27-20-13-12-19(25)16-21(20)30-24(27)26-23(28)22(17-8-4-2-5-9-17)18-10-6-3-7-11-18/h2-13,16,22H,14-15H2,1H3. The van der Waals surface area contributed by atoms with E-state index in [9.17, 15) is 4.79 Å². The van der Waals surface area contributed by atoms with Gasteiger partial charge in [-0.3, -0.25) is 4.79 Å². The Kier molecular flexibility index (Phi) is 6.87. The van der Waals surface area contributed by atoms with Crippen molar-refractivity contribution in [2.75, 3.05) is 12.0 Å². The van der Waals surface area contributed by atoms with Crippen molar-refractivity contribution >= 4 is 55.2 Å². The molecular weight excluding hydrogens is 476 g/mol. The smallest absolute Gasteiger partial charge is 0.260 e. The topological polar surface area (TPSA) is 34.4 Å². The van der Waals surface area contributed by atoms with Crippen molar-refractivity contribution < 1.29 is 4.79 Å². The number of rotatable bonds is 6. The van der Waals surface area contributed by atoms with E-state index in [1.54, 1.807) is 23.1 Å². The quantitative estimate of drug-likeness (QED) is 0.323. The molecule has 0 fully saturated rings. The van der Waals surface area contributed by atoms with Gasteiger partial charge in [-0.05, 0) is 35.6 Å². The molecule has 0 unspecified atom stereocenters. The first-order chi connectivity index (χ1) is 14.7. The molecule has 1 amide bonds. The van der Waals surface area contributed by atoms with Crippen molar-refractivity contribution in [1.82, 2.24) is 4.57 Å². The van der Waals surface area contributed by atoms with Gasteiger partial charge in [-0.1, -0.05) is 87.9 Å². The molecule has 4 rings (SSSR count). The second-order valence-corrected chi connectivity index (χ2v) is 9.76. The number of aryl methyl sites for hydroxylation is 1. The SMILES string of the molecule is CSCCn1c(=NC(=O)C(c2ccccc2)c2ccccc2)sc2cc(Br)ccc21. The zero-order chi connectivity index (χ0) is 20.9. The highest BCUT2D eigenvalue weighted by Crippen LogP contribution is 2.27. The predicted molar refractivity (Wildman–Crippen MR) is 131 cm³/mol. The van der Waals surface area contributed by atoms with Gasteiger partial charge in [0, 0.05) is 16.8 Å². The molecule has 0 aliphatic carbocycles. The maximum Gasteiger partial charge on any atom is 0.260 e. The Hall–Kier alpha value is -2.15. The van der Waals surface area contributed by atoms with E-state index in [2.05, 4.69) is 43.9 Å². The lowest BCUT2D eigenvalue weighted by Gasteiger charge is -2.14. The molecular formula is C24H21BrN2OS2. The van der Waals surface area contributed by atoms with Crippen LogP contribution in [-0.2, 0) is 11.3 Å². The summed E-state index contributed by atoms with van der Waals surface area (Å²) in [6, 6.07) is 26.0. The molecule has 0 aliphatic rings. The molecule has 0 saturated carbocycles. The first-order valence-electron chi connectivity index (χ1n) is 9.63. The third-order valence-corrected chi connectivity index (χ3v) is 7.01. The number of carbonyl (C=O) groups is 1. The number of hydrogen-bond donors (Lipinski definition) is 0. The molecule has 0 radical (unpaired) electrons. The van der Waals surface area contributed by atoms with Crippen molar-refractivity contribution in [3.8, 4) is 0 Å². The highest BCUT2D eigenvalue weighted by Gasteiger charge is 2.22. The summed E-state index contributed by atoms with van der Waals surface area (Å²) < 4.78 is 4.30. The molecule has 0 N–H and O–H groups in total. The third kappa shape index (κ3) is 4.61.